The second-order valence-electron chi connectivity index (χ2n) is 4.88. The Morgan fingerprint density at radius 2 is 2.22 bits per heavy atom. The summed E-state index contributed by atoms with van der Waals surface area (Å²) >= 11 is 0. The Bertz CT molecular complexity index is 627. The maximum Gasteiger partial charge on any atom is 0.337 e. The minimum atomic E-state index is -0.567. The van der Waals surface area contributed by atoms with Gasteiger partial charge in [-0.3, -0.25) is 4.79 Å². The van der Waals surface area contributed by atoms with E-state index < -0.39 is 5.97 Å². The number of hydrogen-bond donors (Lipinski definition) is 2. The van der Waals surface area contributed by atoms with Crippen LogP contribution in [0.1, 0.15) is 6.92 Å². The lowest BCUT2D eigenvalue weighted by molar-refractivity contribution is -0.136. The Morgan fingerprint density at radius 1 is 1.43 bits per heavy atom. The van der Waals surface area contributed by atoms with Gasteiger partial charge in [-0.25, -0.2) is 4.79 Å². The summed E-state index contributed by atoms with van der Waals surface area (Å²) in [5.74, 6) is -0.251. The lowest BCUT2D eigenvalue weighted by Gasteiger charge is -2.15. The molecule has 0 saturated heterocycles. The topological polar surface area (TPSA) is 88.1 Å². The summed E-state index contributed by atoms with van der Waals surface area (Å²) < 4.78 is 10.2. The number of esters is 1. The highest BCUT2D eigenvalue weighted by Gasteiger charge is 2.34. The van der Waals surface area contributed by atoms with Crippen LogP contribution in [0.5, 0.6) is 5.75 Å². The number of hydrogen-bond acceptors (Lipinski definition) is 6. The predicted octanol–water partition coefficient (Wildman–Crippen LogP) is 0.759. The average molecular weight is 320 g/mol. The van der Waals surface area contributed by atoms with E-state index in [0.29, 0.717) is 18.0 Å². The van der Waals surface area contributed by atoms with Gasteiger partial charge in [-0.1, -0.05) is 6.07 Å². The predicted molar refractivity (Wildman–Crippen MR) is 83.9 cm³/mol. The average Bonchev–Trinajstić information content (AvgIpc) is 2.85. The smallest absolute Gasteiger partial charge is 0.337 e. The van der Waals surface area contributed by atoms with Crippen molar-refractivity contribution in [3.8, 4) is 5.75 Å². The zero-order chi connectivity index (χ0) is 16.8. The SMILES string of the molecule is CCOc1cccc(NC2=C(C(=O)OC)CN(CCO)C2=O)c1. The van der Waals surface area contributed by atoms with E-state index in [1.807, 2.05) is 6.92 Å². The van der Waals surface area contributed by atoms with E-state index in [4.69, 9.17) is 14.6 Å². The molecule has 0 fully saturated rings. The number of rotatable bonds is 7. The van der Waals surface area contributed by atoms with Crippen molar-refractivity contribution in [2.75, 3.05) is 38.7 Å². The van der Waals surface area contributed by atoms with Gasteiger partial charge >= 0.3 is 5.97 Å². The van der Waals surface area contributed by atoms with Crippen molar-refractivity contribution in [1.82, 2.24) is 4.90 Å². The maximum absolute atomic E-state index is 12.4. The first-order chi connectivity index (χ1) is 11.1. The highest BCUT2D eigenvalue weighted by atomic mass is 16.5. The van der Waals surface area contributed by atoms with Crippen LogP contribution in [0, 0.1) is 0 Å². The van der Waals surface area contributed by atoms with Gasteiger partial charge in [0.25, 0.3) is 5.91 Å². The van der Waals surface area contributed by atoms with Gasteiger partial charge in [0.15, 0.2) is 0 Å². The monoisotopic (exact) mass is 320 g/mol. The highest BCUT2D eigenvalue weighted by Crippen LogP contribution is 2.24. The van der Waals surface area contributed by atoms with Gasteiger partial charge in [0.1, 0.15) is 11.4 Å². The molecule has 1 aromatic rings. The first-order valence-electron chi connectivity index (χ1n) is 7.32. The standard InChI is InChI=1S/C16H20N2O5/c1-3-23-12-6-4-5-11(9-12)17-14-13(16(21)22-2)10-18(7-8-19)15(14)20/h4-6,9,17,19H,3,7-8,10H2,1-2H3. The summed E-state index contributed by atoms with van der Waals surface area (Å²) in [6, 6.07) is 7.11. The molecule has 7 nitrogen and oxygen atoms in total. The van der Waals surface area contributed by atoms with Gasteiger partial charge in [-0.15, -0.1) is 0 Å². The third-order valence-electron chi connectivity index (χ3n) is 3.37. The van der Waals surface area contributed by atoms with E-state index in [1.54, 1.807) is 24.3 Å². The van der Waals surface area contributed by atoms with Gasteiger partial charge in [0.05, 0.1) is 32.4 Å². The summed E-state index contributed by atoms with van der Waals surface area (Å²) in [6.45, 7) is 2.50. The normalized spacial score (nSPS) is 14.2. The molecule has 0 bridgehead atoms. The number of nitrogens with zero attached hydrogens (tertiary/aromatic N) is 1. The van der Waals surface area contributed by atoms with Gasteiger partial charge in [-0.2, -0.15) is 0 Å². The molecular formula is C16H20N2O5. The lowest BCUT2D eigenvalue weighted by atomic mass is 10.2. The molecular weight excluding hydrogens is 300 g/mol. The van der Waals surface area contributed by atoms with Gasteiger partial charge in [0, 0.05) is 18.3 Å². The number of amides is 1. The number of methoxy groups -OCH3 is 1. The maximum atomic E-state index is 12.4. The van der Waals surface area contributed by atoms with Crippen molar-refractivity contribution < 1.29 is 24.2 Å². The van der Waals surface area contributed by atoms with Crippen LogP contribution in [0.4, 0.5) is 5.69 Å². The summed E-state index contributed by atoms with van der Waals surface area (Å²) in [5, 5.41) is 12.0. The number of ether oxygens (including phenoxy) is 2. The van der Waals surface area contributed by atoms with Gasteiger partial charge in [0.2, 0.25) is 0 Å². The molecule has 0 spiro atoms. The van der Waals surface area contributed by atoms with E-state index in [2.05, 4.69) is 5.32 Å². The van der Waals surface area contributed by atoms with Crippen molar-refractivity contribution in [3.05, 3.63) is 35.5 Å². The number of β-amino-alcohol motifs (C(OH)–C–C–N with tert-alkyl or cyclic N) is 1. The van der Waals surface area contributed by atoms with Crippen LogP contribution in [0.25, 0.3) is 0 Å². The molecule has 1 amide bonds. The van der Waals surface area contributed by atoms with Crippen LogP contribution in [0.15, 0.2) is 35.5 Å². The van der Waals surface area contributed by atoms with E-state index in [9.17, 15) is 9.59 Å². The molecule has 1 aromatic carbocycles. The Balaban J connectivity index is 2.27. The van der Waals surface area contributed by atoms with Gasteiger partial charge < -0.3 is 24.8 Å². The zero-order valence-electron chi connectivity index (χ0n) is 13.2. The molecule has 2 N–H and O–H groups in total. The van der Waals surface area contributed by atoms with E-state index in [0.717, 1.165) is 0 Å². The second-order valence-corrected chi connectivity index (χ2v) is 4.88. The summed E-state index contributed by atoms with van der Waals surface area (Å²) in [6.07, 6.45) is 0. The number of nitrogens with one attached hydrogen (secondary N) is 1. The summed E-state index contributed by atoms with van der Waals surface area (Å²) in [4.78, 5) is 25.7. The van der Waals surface area contributed by atoms with Crippen molar-refractivity contribution in [2.45, 2.75) is 6.92 Å². The molecule has 0 radical (unpaired) electrons. The fraction of sp³-hybridized carbons (Fsp3) is 0.375. The Hall–Kier alpha value is -2.54. The fourth-order valence-corrected chi connectivity index (χ4v) is 2.32. The fourth-order valence-electron chi connectivity index (χ4n) is 2.32. The minimum Gasteiger partial charge on any atom is -0.494 e. The number of anilines is 1. The zero-order valence-corrected chi connectivity index (χ0v) is 13.2. The molecule has 0 atom stereocenters. The van der Waals surface area contributed by atoms with Crippen LogP contribution in [-0.2, 0) is 14.3 Å². The van der Waals surface area contributed by atoms with E-state index in [1.165, 1.54) is 12.0 Å². The molecule has 0 aliphatic carbocycles. The van der Waals surface area contributed by atoms with Crippen LogP contribution in [-0.4, -0.2) is 55.3 Å². The van der Waals surface area contributed by atoms with Crippen LogP contribution in [0.2, 0.25) is 0 Å². The van der Waals surface area contributed by atoms with Crippen molar-refractivity contribution >= 4 is 17.6 Å². The van der Waals surface area contributed by atoms with Crippen molar-refractivity contribution in [3.63, 3.8) is 0 Å². The largest absolute Gasteiger partial charge is 0.494 e. The molecule has 0 unspecified atom stereocenters. The molecule has 0 saturated carbocycles. The third kappa shape index (κ3) is 3.81. The Morgan fingerprint density at radius 3 is 2.87 bits per heavy atom. The minimum absolute atomic E-state index is 0.111. The van der Waals surface area contributed by atoms with E-state index in [-0.39, 0.29) is 36.9 Å². The molecule has 1 heterocycles. The number of benzene rings is 1. The molecule has 2 rings (SSSR count). The van der Waals surface area contributed by atoms with Crippen molar-refractivity contribution in [2.24, 2.45) is 0 Å². The second kappa shape index (κ2) is 7.64. The quantitative estimate of drug-likeness (QED) is 0.721. The van der Waals surface area contributed by atoms with Crippen molar-refractivity contribution in [1.29, 1.82) is 0 Å². The molecule has 1 aliphatic rings. The summed E-state index contributed by atoms with van der Waals surface area (Å²) in [7, 11) is 1.27. The summed E-state index contributed by atoms with van der Waals surface area (Å²) in [5.41, 5.74) is 1.04. The van der Waals surface area contributed by atoms with Crippen LogP contribution >= 0.6 is 0 Å². The highest BCUT2D eigenvalue weighted by molar-refractivity contribution is 6.08. The number of aliphatic hydroxyl groups excluding tert-OH is 1. The first kappa shape index (κ1) is 16.8. The Labute approximate surface area is 134 Å². The number of carbonyl (C=O) groups is 2. The lowest BCUT2D eigenvalue weighted by Crippen LogP contribution is -2.31. The van der Waals surface area contributed by atoms with Crippen LogP contribution in [0.3, 0.4) is 0 Å². The number of carbonyl (C=O) groups excluding carboxylic acids is 2. The Kier molecular flexibility index (Phi) is 5.59. The number of aliphatic hydroxyl groups is 1. The molecule has 124 valence electrons. The molecule has 23 heavy (non-hydrogen) atoms. The molecule has 7 heteroatoms. The first-order valence-corrected chi connectivity index (χ1v) is 7.32. The van der Waals surface area contributed by atoms with Crippen LogP contribution < -0.4 is 10.1 Å². The molecule has 0 aromatic heterocycles. The van der Waals surface area contributed by atoms with E-state index >= 15 is 0 Å². The van der Waals surface area contributed by atoms with Gasteiger partial charge in [-0.05, 0) is 19.1 Å². The molecule has 1 aliphatic heterocycles. The third-order valence-corrected chi connectivity index (χ3v) is 3.37.